The van der Waals surface area contributed by atoms with Crippen molar-refractivity contribution in [3.05, 3.63) is 67.8 Å². The van der Waals surface area contributed by atoms with Gasteiger partial charge in [0.2, 0.25) is 6.23 Å². The summed E-state index contributed by atoms with van der Waals surface area (Å²) in [5.41, 5.74) is 2.22. The minimum absolute atomic E-state index is 0.319. The number of halogens is 3. The van der Waals surface area contributed by atoms with Crippen LogP contribution in [0.4, 0.5) is 4.39 Å². The quantitative estimate of drug-likeness (QED) is 0.308. The average molecular weight is 476 g/mol. The van der Waals surface area contributed by atoms with Crippen LogP contribution >= 0.6 is 38.9 Å². The Hall–Kier alpha value is -1.89. The molecule has 0 radical (unpaired) electrons. The SMILES string of the molecule is Fc1cc(Br)cc2c1-c1cc3cc(Cl)ccc3n1[C@@H](c1cnc(C3CC3)s1)O2. The standard InChI is InChI=1S/C21H13BrClFN2OS/c22-12-7-14(24)19-16-6-11-5-13(23)3-4-15(11)26(16)21(27-17(19)8-12)18-9-25-20(28-18)10-1-2-10/h3-10,21H,1-2H2/t21-/m1/s1. The molecule has 0 N–H and O–H groups in total. The highest BCUT2D eigenvalue weighted by molar-refractivity contribution is 9.10. The van der Waals surface area contributed by atoms with Gasteiger partial charge in [0.05, 0.1) is 26.7 Å². The molecule has 6 rings (SSSR count). The lowest BCUT2D eigenvalue weighted by Crippen LogP contribution is -2.22. The number of benzene rings is 2. The second-order valence-electron chi connectivity index (χ2n) is 7.21. The number of thiazole rings is 1. The summed E-state index contributed by atoms with van der Waals surface area (Å²) in [5, 5.41) is 2.77. The van der Waals surface area contributed by atoms with E-state index in [9.17, 15) is 4.39 Å². The van der Waals surface area contributed by atoms with Gasteiger partial charge in [-0.3, -0.25) is 4.57 Å². The van der Waals surface area contributed by atoms with Gasteiger partial charge in [0.25, 0.3) is 0 Å². The van der Waals surface area contributed by atoms with Crippen LogP contribution in [0.3, 0.4) is 0 Å². The van der Waals surface area contributed by atoms with Crippen molar-refractivity contribution in [2.75, 3.05) is 0 Å². The Morgan fingerprint density at radius 1 is 1.21 bits per heavy atom. The smallest absolute Gasteiger partial charge is 0.213 e. The zero-order chi connectivity index (χ0) is 19.0. The molecule has 0 amide bonds. The van der Waals surface area contributed by atoms with E-state index in [0.29, 0.717) is 26.7 Å². The first-order valence-electron chi connectivity index (χ1n) is 9.00. The molecule has 1 atom stereocenters. The van der Waals surface area contributed by atoms with Crippen molar-refractivity contribution >= 4 is 49.8 Å². The van der Waals surface area contributed by atoms with E-state index in [2.05, 4.69) is 25.5 Å². The monoisotopic (exact) mass is 474 g/mol. The highest BCUT2D eigenvalue weighted by Gasteiger charge is 2.34. The van der Waals surface area contributed by atoms with Crippen molar-refractivity contribution in [2.45, 2.75) is 25.0 Å². The summed E-state index contributed by atoms with van der Waals surface area (Å²) in [7, 11) is 0. The molecule has 0 spiro atoms. The van der Waals surface area contributed by atoms with Gasteiger partial charge in [-0.25, -0.2) is 9.37 Å². The van der Waals surface area contributed by atoms with Gasteiger partial charge in [-0.15, -0.1) is 11.3 Å². The van der Waals surface area contributed by atoms with Crippen molar-refractivity contribution in [1.82, 2.24) is 9.55 Å². The van der Waals surface area contributed by atoms with Crippen LogP contribution in [0, 0.1) is 5.82 Å². The second-order valence-corrected chi connectivity index (χ2v) is 9.65. The summed E-state index contributed by atoms with van der Waals surface area (Å²) in [4.78, 5) is 5.63. The van der Waals surface area contributed by atoms with Crippen molar-refractivity contribution in [3.8, 4) is 17.0 Å². The van der Waals surface area contributed by atoms with Gasteiger partial charge in [-0.05, 0) is 49.2 Å². The molecule has 1 fully saturated rings. The van der Waals surface area contributed by atoms with Gasteiger partial charge >= 0.3 is 0 Å². The number of hydrogen-bond donors (Lipinski definition) is 0. The Morgan fingerprint density at radius 2 is 2.07 bits per heavy atom. The maximum Gasteiger partial charge on any atom is 0.213 e. The molecule has 140 valence electrons. The van der Waals surface area contributed by atoms with Crippen LogP contribution in [0.15, 0.2) is 47.1 Å². The average Bonchev–Trinajstić information content (AvgIpc) is 3.26. The normalized spacial score (nSPS) is 18.0. The fraction of sp³-hybridized carbons (Fsp3) is 0.190. The third-order valence-corrected chi connectivity index (χ3v) is 7.14. The fourth-order valence-corrected chi connectivity index (χ4v) is 5.53. The molecule has 4 aromatic rings. The van der Waals surface area contributed by atoms with E-state index < -0.39 is 0 Å². The maximum atomic E-state index is 14.9. The molecule has 0 unspecified atom stereocenters. The van der Waals surface area contributed by atoms with Crippen molar-refractivity contribution < 1.29 is 9.13 Å². The van der Waals surface area contributed by atoms with Gasteiger partial charge in [-0.2, -0.15) is 0 Å². The number of nitrogens with zero attached hydrogens (tertiary/aromatic N) is 2. The summed E-state index contributed by atoms with van der Waals surface area (Å²) < 4.78 is 24.0. The van der Waals surface area contributed by atoms with Crippen molar-refractivity contribution in [1.29, 1.82) is 0 Å². The molecule has 0 bridgehead atoms. The van der Waals surface area contributed by atoms with E-state index in [1.54, 1.807) is 11.3 Å². The molecule has 2 aromatic carbocycles. The minimum Gasteiger partial charge on any atom is -0.464 e. The van der Waals surface area contributed by atoms with E-state index in [1.807, 2.05) is 36.5 Å². The van der Waals surface area contributed by atoms with Crippen LogP contribution in [0.1, 0.15) is 34.9 Å². The molecule has 0 saturated heterocycles. The van der Waals surface area contributed by atoms with E-state index in [1.165, 1.54) is 18.9 Å². The molecule has 1 saturated carbocycles. The van der Waals surface area contributed by atoms with Gasteiger partial charge in [-0.1, -0.05) is 27.5 Å². The Kier molecular flexibility index (Phi) is 3.68. The molecular formula is C21H13BrClFN2OS. The van der Waals surface area contributed by atoms with Gasteiger partial charge in [0.1, 0.15) is 11.6 Å². The zero-order valence-corrected chi connectivity index (χ0v) is 17.6. The third kappa shape index (κ3) is 2.55. The molecular weight excluding hydrogens is 463 g/mol. The Balaban J connectivity index is 1.62. The zero-order valence-electron chi connectivity index (χ0n) is 14.5. The summed E-state index contributed by atoms with van der Waals surface area (Å²) in [6.07, 6.45) is 3.92. The molecule has 2 aromatic heterocycles. The fourth-order valence-electron chi connectivity index (χ4n) is 3.84. The molecule has 3 heterocycles. The van der Waals surface area contributed by atoms with E-state index in [0.717, 1.165) is 26.5 Å². The first kappa shape index (κ1) is 17.0. The maximum absolute atomic E-state index is 14.9. The van der Waals surface area contributed by atoms with Crippen LogP contribution in [-0.4, -0.2) is 9.55 Å². The van der Waals surface area contributed by atoms with Crippen molar-refractivity contribution in [2.24, 2.45) is 0 Å². The van der Waals surface area contributed by atoms with E-state index in [4.69, 9.17) is 16.3 Å². The number of ether oxygens (including phenoxy) is 1. The van der Waals surface area contributed by atoms with Crippen LogP contribution in [-0.2, 0) is 0 Å². The molecule has 2 aliphatic rings. The summed E-state index contributed by atoms with van der Waals surface area (Å²) in [6.45, 7) is 0. The third-order valence-electron chi connectivity index (χ3n) is 5.26. The lowest BCUT2D eigenvalue weighted by Gasteiger charge is -2.29. The lowest BCUT2D eigenvalue weighted by atomic mass is 10.1. The molecule has 7 heteroatoms. The van der Waals surface area contributed by atoms with Crippen LogP contribution in [0.5, 0.6) is 5.75 Å². The van der Waals surface area contributed by atoms with Gasteiger partial charge in [0, 0.05) is 27.0 Å². The molecule has 1 aliphatic heterocycles. The number of aromatic nitrogens is 2. The summed E-state index contributed by atoms with van der Waals surface area (Å²) in [5.74, 6) is 0.793. The Morgan fingerprint density at radius 3 is 2.89 bits per heavy atom. The number of hydrogen-bond acceptors (Lipinski definition) is 3. The van der Waals surface area contributed by atoms with Crippen LogP contribution < -0.4 is 4.74 Å². The van der Waals surface area contributed by atoms with Crippen LogP contribution in [0.2, 0.25) is 5.02 Å². The first-order valence-corrected chi connectivity index (χ1v) is 11.0. The topological polar surface area (TPSA) is 27.1 Å². The van der Waals surface area contributed by atoms with Crippen LogP contribution in [0.25, 0.3) is 22.2 Å². The minimum atomic E-state index is -0.389. The van der Waals surface area contributed by atoms with Gasteiger partial charge in [0.15, 0.2) is 0 Å². The number of fused-ring (bicyclic) bond motifs is 5. The highest BCUT2D eigenvalue weighted by Crippen LogP contribution is 2.49. The second kappa shape index (κ2) is 6.05. The molecule has 1 aliphatic carbocycles. The summed E-state index contributed by atoms with van der Waals surface area (Å²) >= 11 is 11.3. The predicted octanol–water partition coefficient (Wildman–Crippen LogP) is 7.14. The Bertz CT molecular complexity index is 1260. The van der Waals surface area contributed by atoms with E-state index in [-0.39, 0.29) is 12.0 Å². The largest absolute Gasteiger partial charge is 0.464 e. The van der Waals surface area contributed by atoms with Gasteiger partial charge < -0.3 is 4.74 Å². The number of rotatable bonds is 2. The lowest BCUT2D eigenvalue weighted by molar-refractivity contribution is 0.175. The summed E-state index contributed by atoms with van der Waals surface area (Å²) in [6, 6.07) is 11.0. The molecule has 28 heavy (non-hydrogen) atoms. The van der Waals surface area contributed by atoms with Crippen molar-refractivity contribution in [3.63, 3.8) is 0 Å². The predicted molar refractivity (Wildman–Crippen MR) is 113 cm³/mol. The molecule has 3 nitrogen and oxygen atoms in total. The Labute approximate surface area is 177 Å². The first-order chi connectivity index (χ1) is 13.6. The highest BCUT2D eigenvalue weighted by atomic mass is 79.9. The van der Waals surface area contributed by atoms with E-state index >= 15 is 0 Å².